The molecule has 7 aromatic rings. The molecule has 2 heteroatoms. The van der Waals surface area contributed by atoms with Crippen molar-refractivity contribution in [1.29, 1.82) is 0 Å². The zero-order valence-corrected chi connectivity index (χ0v) is 29.5. The minimum absolute atomic E-state index is 0.0544. The quantitative estimate of drug-likeness (QED) is 0.172. The lowest BCUT2D eigenvalue weighted by atomic mass is 9.75. The average Bonchev–Trinajstić information content (AvgIpc) is 3.17. The van der Waals surface area contributed by atoms with Crippen LogP contribution in [0, 0.1) is 0 Å². The Kier molecular flexibility index (Phi) is 7.44. The molecule has 2 heterocycles. The Morgan fingerprint density at radius 2 is 1.22 bits per heavy atom. The lowest BCUT2D eigenvalue weighted by Crippen LogP contribution is -2.13. The van der Waals surface area contributed by atoms with Crippen molar-refractivity contribution in [2.45, 2.75) is 45.4 Å². The molecule has 9 rings (SSSR count). The van der Waals surface area contributed by atoms with Crippen molar-refractivity contribution in [1.82, 2.24) is 9.97 Å². The molecule has 2 aliphatic rings. The molecule has 2 aromatic heterocycles. The topological polar surface area (TPSA) is 25.8 Å². The van der Waals surface area contributed by atoms with Crippen LogP contribution >= 0.6 is 0 Å². The lowest BCUT2D eigenvalue weighted by Gasteiger charge is -2.28. The van der Waals surface area contributed by atoms with E-state index in [0.717, 1.165) is 25.0 Å². The standard InChI is InChI=1S/C49H40N2/c1-31-27-45-44(37-14-12-33(13-15-37)32-8-10-34(11-9-32)35-22-25-50-26-23-35)30-43(36-16-18-38(19-17-36)46-7-5-6-24-51-46)41-21-20-39-28-40(49(2,3)4)29-42(31)47(39)48(41)45/h5-16,18,20-26,28-30H,1,17,19,27H2,2-4H3. The summed E-state index contributed by atoms with van der Waals surface area (Å²) in [6.07, 6.45) is 13.0. The van der Waals surface area contributed by atoms with Crippen molar-refractivity contribution in [3.8, 4) is 33.4 Å². The predicted molar refractivity (Wildman–Crippen MR) is 216 cm³/mol. The molecular weight excluding hydrogens is 617 g/mol. The summed E-state index contributed by atoms with van der Waals surface area (Å²) in [5.74, 6) is 0. The second-order valence-electron chi connectivity index (χ2n) is 15.1. The first kappa shape index (κ1) is 31.1. The molecular formula is C49H40N2. The third-order valence-corrected chi connectivity index (χ3v) is 10.9. The summed E-state index contributed by atoms with van der Waals surface area (Å²) in [5, 5.41) is 5.38. The fourth-order valence-electron chi connectivity index (χ4n) is 8.04. The Bertz CT molecular complexity index is 2550. The fraction of sp³-hybridized carbons (Fsp3) is 0.143. The van der Waals surface area contributed by atoms with Gasteiger partial charge in [0.05, 0.1) is 5.69 Å². The maximum atomic E-state index is 4.69. The van der Waals surface area contributed by atoms with E-state index in [4.69, 9.17) is 0 Å². The van der Waals surface area contributed by atoms with Gasteiger partial charge in [-0.25, -0.2) is 0 Å². The molecule has 51 heavy (non-hydrogen) atoms. The molecule has 0 spiro atoms. The molecule has 0 amide bonds. The highest BCUT2D eigenvalue weighted by molar-refractivity contribution is 6.20. The third kappa shape index (κ3) is 5.52. The van der Waals surface area contributed by atoms with Gasteiger partial charge in [0.1, 0.15) is 0 Å². The zero-order chi connectivity index (χ0) is 34.7. The van der Waals surface area contributed by atoms with E-state index >= 15 is 0 Å². The maximum Gasteiger partial charge on any atom is 0.0661 e. The molecule has 0 bridgehead atoms. The van der Waals surface area contributed by atoms with Crippen LogP contribution in [0.15, 0.2) is 147 Å². The van der Waals surface area contributed by atoms with Gasteiger partial charge in [0.15, 0.2) is 0 Å². The van der Waals surface area contributed by atoms with Crippen LogP contribution in [-0.4, -0.2) is 9.97 Å². The van der Waals surface area contributed by atoms with Crippen LogP contribution in [0.4, 0.5) is 0 Å². The van der Waals surface area contributed by atoms with E-state index < -0.39 is 0 Å². The molecule has 0 radical (unpaired) electrons. The summed E-state index contributed by atoms with van der Waals surface area (Å²) in [6, 6.07) is 40.3. The molecule has 0 fully saturated rings. The van der Waals surface area contributed by atoms with Crippen molar-refractivity contribution in [3.05, 3.63) is 174 Å². The van der Waals surface area contributed by atoms with Gasteiger partial charge in [-0.1, -0.05) is 118 Å². The first-order chi connectivity index (χ1) is 24.8. The van der Waals surface area contributed by atoms with Crippen molar-refractivity contribution >= 4 is 38.3 Å². The highest BCUT2D eigenvalue weighted by Gasteiger charge is 2.26. The van der Waals surface area contributed by atoms with Crippen molar-refractivity contribution in [2.75, 3.05) is 0 Å². The number of pyridine rings is 2. The molecule has 0 N–H and O–H groups in total. The Morgan fingerprint density at radius 1 is 0.569 bits per heavy atom. The Labute approximate surface area is 300 Å². The van der Waals surface area contributed by atoms with E-state index in [9.17, 15) is 0 Å². The lowest BCUT2D eigenvalue weighted by molar-refractivity contribution is 0.591. The number of aromatic nitrogens is 2. The normalized spacial score (nSPS) is 14.2. The van der Waals surface area contributed by atoms with Gasteiger partial charge in [0.25, 0.3) is 0 Å². The Balaban J connectivity index is 1.20. The van der Waals surface area contributed by atoms with E-state index in [1.165, 1.54) is 93.9 Å². The summed E-state index contributed by atoms with van der Waals surface area (Å²) in [5.41, 5.74) is 17.7. The molecule has 0 atom stereocenters. The number of rotatable bonds is 5. The first-order valence-corrected chi connectivity index (χ1v) is 18.0. The third-order valence-electron chi connectivity index (χ3n) is 10.9. The van der Waals surface area contributed by atoms with Gasteiger partial charge in [-0.3, -0.25) is 9.97 Å². The van der Waals surface area contributed by atoms with Gasteiger partial charge in [-0.05, 0) is 149 Å². The molecule has 246 valence electrons. The number of hydrogen-bond donors (Lipinski definition) is 0. The van der Waals surface area contributed by atoms with Crippen LogP contribution in [0.2, 0.25) is 0 Å². The maximum absolute atomic E-state index is 4.69. The van der Waals surface area contributed by atoms with Crippen LogP contribution in [0.5, 0.6) is 0 Å². The molecule has 5 aromatic carbocycles. The Morgan fingerprint density at radius 3 is 1.84 bits per heavy atom. The van der Waals surface area contributed by atoms with Crippen LogP contribution in [0.25, 0.3) is 71.6 Å². The summed E-state index contributed by atoms with van der Waals surface area (Å²) in [7, 11) is 0. The largest absolute Gasteiger partial charge is 0.265 e. The van der Waals surface area contributed by atoms with Gasteiger partial charge in [0, 0.05) is 18.6 Å². The molecule has 2 aliphatic carbocycles. The van der Waals surface area contributed by atoms with E-state index in [1.54, 1.807) is 0 Å². The van der Waals surface area contributed by atoms with Crippen molar-refractivity contribution in [2.24, 2.45) is 0 Å². The monoisotopic (exact) mass is 656 g/mol. The van der Waals surface area contributed by atoms with Gasteiger partial charge in [-0.15, -0.1) is 0 Å². The average molecular weight is 657 g/mol. The number of allylic oxidation sites excluding steroid dienone is 5. The van der Waals surface area contributed by atoms with Gasteiger partial charge >= 0.3 is 0 Å². The number of hydrogen-bond acceptors (Lipinski definition) is 2. The summed E-state index contributed by atoms with van der Waals surface area (Å²) in [6.45, 7) is 11.6. The van der Waals surface area contributed by atoms with E-state index in [1.807, 2.05) is 24.7 Å². The zero-order valence-electron chi connectivity index (χ0n) is 29.5. The second-order valence-corrected chi connectivity index (χ2v) is 15.1. The first-order valence-electron chi connectivity index (χ1n) is 18.0. The van der Waals surface area contributed by atoms with Crippen molar-refractivity contribution < 1.29 is 0 Å². The highest BCUT2D eigenvalue weighted by atomic mass is 14.7. The van der Waals surface area contributed by atoms with Crippen LogP contribution < -0.4 is 0 Å². The van der Waals surface area contributed by atoms with E-state index in [-0.39, 0.29) is 5.41 Å². The second kappa shape index (κ2) is 12.2. The molecule has 0 saturated carbocycles. The van der Waals surface area contributed by atoms with Gasteiger partial charge in [0.2, 0.25) is 0 Å². The fourth-order valence-corrected chi connectivity index (χ4v) is 8.04. The molecule has 0 saturated heterocycles. The van der Waals surface area contributed by atoms with E-state index in [0.29, 0.717) is 0 Å². The van der Waals surface area contributed by atoms with Crippen molar-refractivity contribution in [3.63, 3.8) is 0 Å². The van der Waals surface area contributed by atoms with Gasteiger partial charge in [-0.2, -0.15) is 0 Å². The molecule has 0 unspecified atom stereocenters. The Hall–Kier alpha value is -5.86. The smallest absolute Gasteiger partial charge is 0.0661 e. The minimum atomic E-state index is 0.0544. The molecule has 2 nitrogen and oxygen atoms in total. The van der Waals surface area contributed by atoms with E-state index in [2.05, 4.69) is 153 Å². The van der Waals surface area contributed by atoms with Crippen LogP contribution in [0.3, 0.4) is 0 Å². The predicted octanol–water partition coefficient (Wildman–Crippen LogP) is 12.9. The summed E-state index contributed by atoms with van der Waals surface area (Å²) in [4.78, 5) is 8.80. The number of benzene rings is 5. The summed E-state index contributed by atoms with van der Waals surface area (Å²) < 4.78 is 0. The SMILES string of the molecule is C=C1Cc2c(-c3ccc(-c4ccc(-c5ccncc5)cc4)cc3)cc(C3=CC=C(c4ccccn4)CC3)c3ccc4cc(C(C)(C)C)cc1c4c23. The number of nitrogens with zero attached hydrogens (tertiary/aromatic N) is 2. The molecule has 0 aliphatic heterocycles. The summed E-state index contributed by atoms with van der Waals surface area (Å²) >= 11 is 0. The highest BCUT2D eigenvalue weighted by Crippen LogP contribution is 2.48. The van der Waals surface area contributed by atoms with Crippen LogP contribution in [-0.2, 0) is 11.8 Å². The minimum Gasteiger partial charge on any atom is -0.265 e. The van der Waals surface area contributed by atoms with Gasteiger partial charge < -0.3 is 0 Å². The van der Waals surface area contributed by atoms with Crippen LogP contribution in [0.1, 0.15) is 61.6 Å².